The fourth-order valence-corrected chi connectivity index (χ4v) is 3.20. The summed E-state index contributed by atoms with van der Waals surface area (Å²) in [5.74, 6) is 0.748. The van der Waals surface area contributed by atoms with Crippen molar-refractivity contribution < 1.29 is 14.3 Å². The fraction of sp³-hybridized carbons (Fsp3) is 0.591. The third-order valence-electron chi connectivity index (χ3n) is 5.30. The van der Waals surface area contributed by atoms with Crippen LogP contribution in [0, 0.1) is 5.92 Å². The Bertz CT molecular complexity index is 729. The summed E-state index contributed by atoms with van der Waals surface area (Å²) in [6.07, 6.45) is 2.26. The number of hydrogen-bond acceptors (Lipinski definition) is 4. The monoisotopic (exact) mass is 417 g/mol. The van der Waals surface area contributed by atoms with Crippen molar-refractivity contribution in [2.45, 2.75) is 52.6 Å². The van der Waals surface area contributed by atoms with Gasteiger partial charge in [0.25, 0.3) is 0 Å². The molecule has 2 rings (SSSR count). The van der Waals surface area contributed by atoms with E-state index < -0.39 is 0 Å². The van der Waals surface area contributed by atoms with Gasteiger partial charge in [-0.3, -0.25) is 9.79 Å². The first kappa shape index (κ1) is 23.5. The van der Waals surface area contributed by atoms with Crippen LogP contribution in [0.4, 0.5) is 10.5 Å². The first-order valence-corrected chi connectivity index (χ1v) is 10.8. The Morgan fingerprint density at radius 1 is 1.27 bits per heavy atom. The van der Waals surface area contributed by atoms with E-state index in [1.807, 2.05) is 45.0 Å². The molecular formula is C22H35N5O3. The predicted molar refractivity (Wildman–Crippen MR) is 119 cm³/mol. The zero-order valence-corrected chi connectivity index (χ0v) is 18.5. The lowest BCUT2D eigenvalue weighted by Gasteiger charge is -2.32. The number of amides is 2. The molecule has 1 fully saturated rings. The number of carbonyl (C=O) groups excluding carboxylic acids is 2. The van der Waals surface area contributed by atoms with E-state index in [2.05, 4.69) is 20.9 Å². The van der Waals surface area contributed by atoms with E-state index in [-0.39, 0.29) is 24.0 Å². The molecule has 1 heterocycles. The van der Waals surface area contributed by atoms with Crippen LogP contribution in [0.25, 0.3) is 0 Å². The topological polar surface area (TPSA) is 95.1 Å². The number of guanidine groups is 1. The second-order valence-corrected chi connectivity index (χ2v) is 7.53. The Morgan fingerprint density at radius 3 is 2.63 bits per heavy atom. The highest BCUT2D eigenvalue weighted by atomic mass is 16.6. The summed E-state index contributed by atoms with van der Waals surface area (Å²) in [4.78, 5) is 30.0. The summed E-state index contributed by atoms with van der Waals surface area (Å²) < 4.78 is 5.06. The molecule has 0 spiro atoms. The summed E-state index contributed by atoms with van der Waals surface area (Å²) in [6, 6.07) is 8.07. The van der Waals surface area contributed by atoms with Crippen LogP contribution in [-0.2, 0) is 16.1 Å². The number of piperidine rings is 1. The summed E-state index contributed by atoms with van der Waals surface area (Å²) in [7, 11) is 1.74. The molecule has 2 amide bonds. The first-order valence-electron chi connectivity index (χ1n) is 10.8. The first-order chi connectivity index (χ1) is 14.5. The maximum atomic E-state index is 12.1. The molecule has 0 aliphatic carbocycles. The van der Waals surface area contributed by atoms with Crippen molar-refractivity contribution in [3.63, 3.8) is 0 Å². The van der Waals surface area contributed by atoms with Crippen molar-refractivity contribution in [2.24, 2.45) is 10.9 Å². The van der Waals surface area contributed by atoms with Crippen LogP contribution in [0.15, 0.2) is 29.3 Å². The van der Waals surface area contributed by atoms with Gasteiger partial charge in [0.05, 0.1) is 6.61 Å². The number of aliphatic imine (C=N–C) groups is 1. The molecule has 30 heavy (non-hydrogen) atoms. The number of nitrogens with one attached hydrogen (secondary N) is 3. The number of benzene rings is 1. The number of nitrogens with zero attached hydrogens (tertiary/aromatic N) is 2. The maximum absolute atomic E-state index is 12.1. The number of rotatable bonds is 7. The Hall–Kier alpha value is -2.77. The lowest BCUT2D eigenvalue weighted by molar-refractivity contribution is -0.119. The molecule has 1 aromatic carbocycles. The molecule has 1 aliphatic rings. The van der Waals surface area contributed by atoms with Crippen molar-refractivity contribution in [1.82, 2.24) is 15.5 Å². The van der Waals surface area contributed by atoms with Gasteiger partial charge < -0.3 is 25.6 Å². The Morgan fingerprint density at radius 2 is 2.00 bits per heavy atom. The summed E-state index contributed by atoms with van der Waals surface area (Å²) >= 11 is 0. The molecule has 1 saturated heterocycles. The molecule has 1 atom stereocenters. The zero-order valence-electron chi connectivity index (χ0n) is 18.5. The van der Waals surface area contributed by atoms with Crippen LogP contribution in [-0.4, -0.2) is 55.6 Å². The van der Waals surface area contributed by atoms with Gasteiger partial charge in [-0.15, -0.1) is 0 Å². The number of hydrogen-bond donors (Lipinski definition) is 3. The van der Waals surface area contributed by atoms with Crippen LogP contribution < -0.4 is 16.0 Å². The van der Waals surface area contributed by atoms with Crippen LogP contribution in [0.3, 0.4) is 0 Å². The average Bonchev–Trinajstić information content (AvgIpc) is 2.76. The third kappa shape index (κ3) is 7.24. The van der Waals surface area contributed by atoms with E-state index in [1.165, 1.54) is 0 Å². The predicted octanol–water partition coefficient (Wildman–Crippen LogP) is 2.96. The van der Waals surface area contributed by atoms with Crippen LogP contribution >= 0.6 is 0 Å². The highest BCUT2D eigenvalue weighted by Gasteiger charge is 2.24. The highest BCUT2D eigenvalue weighted by molar-refractivity contribution is 5.92. The quantitative estimate of drug-likeness (QED) is 0.468. The molecule has 0 radical (unpaired) electrons. The Kier molecular flexibility index (Phi) is 9.44. The highest BCUT2D eigenvalue weighted by Crippen LogP contribution is 2.14. The molecule has 8 heteroatoms. The summed E-state index contributed by atoms with van der Waals surface area (Å²) in [5.41, 5.74) is 1.85. The maximum Gasteiger partial charge on any atom is 0.409 e. The van der Waals surface area contributed by atoms with Gasteiger partial charge in [0, 0.05) is 44.3 Å². The minimum absolute atomic E-state index is 0.00921. The zero-order chi connectivity index (χ0) is 21.9. The van der Waals surface area contributed by atoms with E-state index in [4.69, 9.17) is 4.74 Å². The van der Waals surface area contributed by atoms with Gasteiger partial charge in [-0.2, -0.15) is 0 Å². The van der Waals surface area contributed by atoms with E-state index in [1.54, 1.807) is 11.9 Å². The SMILES string of the molecule is CCOC(=O)N1CCC(NC(=NC)NCc2cccc(NC(=O)C(C)CC)c2)CC1. The number of likely N-dealkylation sites (tertiary alicyclic amines) is 1. The van der Waals surface area contributed by atoms with E-state index in [9.17, 15) is 9.59 Å². The minimum Gasteiger partial charge on any atom is -0.450 e. The molecule has 8 nitrogen and oxygen atoms in total. The average molecular weight is 418 g/mol. The number of ether oxygens (including phenoxy) is 1. The molecule has 1 aromatic rings. The Balaban J connectivity index is 1.81. The van der Waals surface area contributed by atoms with Gasteiger partial charge in [-0.05, 0) is 43.9 Å². The van der Waals surface area contributed by atoms with Gasteiger partial charge in [-0.1, -0.05) is 26.0 Å². The van der Waals surface area contributed by atoms with Gasteiger partial charge in [-0.25, -0.2) is 4.79 Å². The number of carbonyl (C=O) groups is 2. The molecule has 1 aliphatic heterocycles. The standard InChI is InChI=1S/C22H35N5O3/c1-5-16(3)20(28)25-19-9-7-8-17(14-19)15-24-21(23-4)26-18-10-12-27(13-11-18)22(29)30-6-2/h7-9,14,16,18H,5-6,10-13,15H2,1-4H3,(H,25,28)(H2,23,24,26). The summed E-state index contributed by atoms with van der Waals surface area (Å²) in [6.45, 7) is 8.08. The molecule has 3 N–H and O–H groups in total. The van der Waals surface area contributed by atoms with Crippen LogP contribution in [0.5, 0.6) is 0 Å². The van der Waals surface area contributed by atoms with Gasteiger partial charge in [0.1, 0.15) is 0 Å². The summed E-state index contributed by atoms with van der Waals surface area (Å²) in [5, 5.41) is 9.72. The molecule has 0 saturated carbocycles. The van der Waals surface area contributed by atoms with Gasteiger partial charge in [0.15, 0.2) is 5.96 Å². The van der Waals surface area contributed by atoms with E-state index in [0.29, 0.717) is 26.2 Å². The van der Waals surface area contributed by atoms with Gasteiger partial charge >= 0.3 is 6.09 Å². The molecule has 166 valence electrons. The molecule has 1 unspecified atom stereocenters. The molecular weight excluding hydrogens is 382 g/mol. The second-order valence-electron chi connectivity index (χ2n) is 7.53. The van der Waals surface area contributed by atoms with Crippen molar-refractivity contribution in [1.29, 1.82) is 0 Å². The van der Waals surface area contributed by atoms with Crippen molar-refractivity contribution >= 4 is 23.6 Å². The second kappa shape index (κ2) is 12.0. The lowest BCUT2D eigenvalue weighted by atomic mass is 10.1. The van der Waals surface area contributed by atoms with Crippen molar-refractivity contribution in [3.8, 4) is 0 Å². The lowest BCUT2D eigenvalue weighted by Crippen LogP contribution is -2.49. The minimum atomic E-state index is -0.237. The van der Waals surface area contributed by atoms with Crippen LogP contribution in [0.1, 0.15) is 45.6 Å². The number of anilines is 1. The fourth-order valence-electron chi connectivity index (χ4n) is 3.20. The van der Waals surface area contributed by atoms with Crippen LogP contribution in [0.2, 0.25) is 0 Å². The van der Waals surface area contributed by atoms with Crippen molar-refractivity contribution in [2.75, 3.05) is 32.1 Å². The Labute approximate surface area is 179 Å². The molecule has 0 bridgehead atoms. The van der Waals surface area contributed by atoms with Crippen molar-refractivity contribution in [3.05, 3.63) is 29.8 Å². The van der Waals surface area contributed by atoms with E-state index >= 15 is 0 Å². The van der Waals surface area contributed by atoms with E-state index in [0.717, 1.165) is 36.5 Å². The third-order valence-corrected chi connectivity index (χ3v) is 5.30. The molecule has 0 aromatic heterocycles. The smallest absolute Gasteiger partial charge is 0.409 e. The largest absolute Gasteiger partial charge is 0.450 e. The van der Waals surface area contributed by atoms with Gasteiger partial charge in [0.2, 0.25) is 5.91 Å². The normalized spacial score (nSPS) is 16.0.